The van der Waals surface area contributed by atoms with Crippen molar-refractivity contribution in [3.8, 4) is 0 Å². The van der Waals surface area contributed by atoms with Gasteiger partial charge in [-0.05, 0) is 67.8 Å². The smallest absolute Gasteiger partial charge is 0.254 e. The first kappa shape index (κ1) is 18.6. The number of amides is 2. The van der Waals surface area contributed by atoms with Gasteiger partial charge in [0.05, 0.1) is 24.2 Å². The van der Waals surface area contributed by atoms with E-state index in [1.165, 1.54) is 30.6 Å². The Labute approximate surface area is 170 Å². The standard InChI is InChI=1S/C22H30N2O3S/c1-12(2)10-23-19(25)18-16-3-4-27-11-17(16)28-20(18)24-21(26)22-8-13-5-14(9-22)7-15(22)6-13/h12-15H,3-11H2,1-2H3,(H,23,25)(H,24,26). The molecule has 2 N–H and O–H groups in total. The second kappa shape index (κ2) is 6.84. The molecule has 4 saturated carbocycles. The molecule has 6 rings (SSSR count). The summed E-state index contributed by atoms with van der Waals surface area (Å²) in [4.78, 5) is 27.6. The maximum atomic E-state index is 13.5. The number of hydrogen-bond donors (Lipinski definition) is 2. The molecule has 0 saturated heterocycles. The third-order valence-corrected chi connectivity index (χ3v) is 8.51. The van der Waals surface area contributed by atoms with Gasteiger partial charge in [0.15, 0.2) is 0 Å². The van der Waals surface area contributed by atoms with Gasteiger partial charge in [0.1, 0.15) is 5.00 Å². The SMILES string of the molecule is CC(C)CNC(=O)c1c(NC(=O)C23CC4CC(CC2C4)C3)sc2c1CCOC2. The molecule has 2 amide bonds. The third kappa shape index (κ3) is 2.91. The van der Waals surface area contributed by atoms with E-state index in [2.05, 4.69) is 24.5 Å². The van der Waals surface area contributed by atoms with Crippen LogP contribution in [0.4, 0.5) is 5.00 Å². The molecule has 0 radical (unpaired) electrons. The summed E-state index contributed by atoms with van der Waals surface area (Å²) in [6.07, 6.45) is 6.59. The van der Waals surface area contributed by atoms with Crippen molar-refractivity contribution < 1.29 is 14.3 Å². The van der Waals surface area contributed by atoms with Crippen LogP contribution in [0.25, 0.3) is 0 Å². The van der Waals surface area contributed by atoms with Crippen LogP contribution in [-0.2, 0) is 22.6 Å². The predicted molar refractivity (Wildman–Crippen MR) is 109 cm³/mol. The maximum absolute atomic E-state index is 13.5. The molecule has 6 heteroatoms. The molecule has 5 aliphatic rings. The quantitative estimate of drug-likeness (QED) is 0.783. The molecule has 2 unspecified atom stereocenters. The number of hydrogen-bond acceptors (Lipinski definition) is 4. The number of anilines is 1. The number of nitrogens with one attached hydrogen (secondary N) is 2. The molecule has 28 heavy (non-hydrogen) atoms. The fourth-order valence-electron chi connectivity index (χ4n) is 6.34. The molecule has 4 bridgehead atoms. The topological polar surface area (TPSA) is 67.4 Å². The normalized spacial score (nSPS) is 32.6. The van der Waals surface area contributed by atoms with Crippen LogP contribution >= 0.6 is 11.3 Å². The fraction of sp³-hybridized carbons (Fsp3) is 0.727. The van der Waals surface area contributed by atoms with Crippen molar-refractivity contribution in [2.75, 3.05) is 18.5 Å². The summed E-state index contributed by atoms with van der Waals surface area (Å²) in [7, 11) is 0. The Hall–Kier alpha value is -1.40. The van der Waals surface area contributed by atoms with Crippen molar-refractivity contribution >= 4 is 28.2 Å². The molecule has 4 fully saturated rings. The van der Waals surface area contributed by atoms with Crippen LogP contribution in [0.15, 0.2) is 0 Å². The Balaban J connectivity index is 1.42. The summed E-state index contributed by atoms with van der Waals surface area (Å²) in [5, 5.41) is 7.04. The number of fused-ring (bicyclic) bond motifs is 1. The van der Waals surface area contributed by atoms with Gasteiger partial charge in [-0.15, -0.1) is 11.3 Å². The van der Waals surface area contributed by atoms with Crippen molar-refractivity contribution in [1.82, 2.24) is 5.32 Å². The number of ether oxygens (including phenoxy) is 1. The van der Waals surface area contributed by atoms with Gasteiger partial charge in [0.25, 0.3) is 5.91 Å². The highest BCUT2D eigenvalue weighted by Crippen LogP contribution is 2.65. The number of carbonyl (C=O) groups excluding carboxylic acids is 2. The minimum Gasteiger partial charge on any atom is -0.376 e. The van der Waals surface area contributed by atoms with E-state index in [9.17, 15) is 9.59 Å². The van der Waals surface area contributed by atoms with E-state index in [-0.39, 0.29) is 17.2 Å². The summed E-state index contributed by atoms with van der Waals surface area (Å²) < 4.78 is 5.60. The summed E-state index contributed by atoms with van der Waals surface area (Å²) in [5.74, 6) is 2.53. The second-order valence-electron chi connectivity index (χ2n) is 9.77. The van der Waals surface area contributed by atoms with Gasteiger partial charge in [-0.25, -0.2) is 0 Å². The summed E-state index contributed by atoms with van der Waals surface area (Å²) in [5.41, 5.74) is 1.58. The lowest BCUT2D eigenvalue weighted by Gasteiger charge is -2.31. The molecule has 1 aromatic rings. The molecule has 2 heterocycles. The molecular weight excluding hydrogens is 372 g/mol. The Morgan fingerprint density at radius 1 is 1.21 bits per heavy atom. The lowest BCUT2D eigenvalue weighted by molar-refractivity contribution is -0.127. The highest BCUT2D eigenvalue weighted by molar-refractivity contribution is 7.17. The molecule has 5 nitrogen and oxygen atoms in total. The number of thiophene rings is 1. The monoisotopic (exact) mass is 402 g/mol. The molecule has 152 valence electrons. The minimum absolute atomic E-state index is 0.0573. The average Bonchev–Trinajstić information content (AvgIpc) is 3.23. The highest BCUT2D eigenvalue weighted by Gasteiger charge is 2.61. The first-order valence-corrected chi connectivity index (χ1v) is 11.6. The van der Waals surface area contributed by atoms with E-state index >= 15 is 0 Å². The minimum atomic E-state index is -0.180. The molecular formula is C22H30N2O3S. The fourth-order valence-corrected chi connectivity index (χ4v) is 7.52. The van der Waals surface area contributed by atoms with E-state index in [4.69, 9.17) is 4.74 Å². The van der Waals surface area contributed by atoms with Crippen molar-refractivity contribution in [2.45, 2.75) is 59.0 Å². The Bertz CT molecular complexity index is 801. The van der Waals surface area contributed by atoms with Crippen LogP contribution in [-0.4, -0.2) is 25.0 Å². The third-order valence-electron chi connectivity index (χ3n) is 7.39. The second-order valence-corrected chi connectivity index (χ2v) is 10.9. The lowest BCUT2D eigenvalue weighted by atomic mass is 9.75. The summed E-state index contributed by atoms with van der Waals surface area (Å²) in [6, 6.07) is 0. The van der Waals surface area contributed by atoms with Gasteiger partial charge in [-0.3, -0.25) is 9.59 Å². The number of rotatable bonds is 5. The Morgan fingerprint density at radius 2 is 1.96 bits per heavy atom. The van der Waals surface area contributed by atoms with E-state index in [1.54, 1.807) is 0 Å². The van der Waals surface area contributed by atoms with Gasteiger partial charge < -0.3 is 15.4 Å². The highest BCUT2D eigenvalue weighted by atomic mass is 32.1. The largest absolute Gasteiger partial charge is 0.376 e. The van der Waals surface area contributed by atoms with Crippen molar-refractivity contribution in [1.29, 1.82) is 0 Å². The Kier molecular flexibility index (Phi) is 4.55. The maximum Gasteiger partial charge on any atom is 0.254 e. The van der Waals surface area contributed by atoms with Crippen LogP contribution in [0, 0.1) is 29.1 Å². The molecule has 1 aromatic heterocycles. The number of carbonyl (C=O) groups is 2. The van der Waals surface area contributed by atoms with Gasteiger partial charge >= 0.3 is 0 Å². The zero-order valence-corrected chi connectivity index (χ0v) is 17.6. The summed E-state index contributed by atoms with van der Waals surface area (Å²) >= 11 is 1.54. The first-order chi connectivity index (χ1) is 13.5. The Morgan fingerprint density at radius 3 is 2.68 bits per heavy atom. The lowest BCUT2D eigenvalue weighted by Crippen LogP contribution is -2.38. The van der Waals surface area contributed by atoms with Gasteiger partial charge in [-0.1, -0.05) is 13.8 Å². The molecule has 0 aromatic carbocycles. The average molecular weight is 403 g/mol. The molecule has 2 atom stereocenters. The van der Waals surface area contributed by atoms with Gasteiger partial charge in [0, 0.05) is 11.4 Å². The van der Waals surface area contributed by atoms with Crippen molar-refractivity contribution in [3.05, 3.63) is 16.0 Å². The first-order valence-electron chi connectivity index (χ1n) is 10.8. The van der Waals surface area contributed by atoms with E-state index in [0.29, 0.717) is 37.2 Å². The van der Waals surface area contributed by atoms with Crippen molar-refractivity contribution in [3.63, 3.8) is 0 Å². The molecule has 4 aliphatic carbocycles. The predicted octanol–water partition coefficient (Wildman–Crippen LogP) is 3.97. The van der Waals surface area contributed by atoms with E-state index in [1.807, 2.05) is 0 Å². The van der Waals surface area contributed by atoms with Crippen LogP contribution in [0.2, 0.25) is 0 Å². The van der Waals surface area contributed by atoms with E-state index < -0.39 is 0 Å². The molecule has 1 aliphatic heterocycles. The summed E-state index contributed by atoms with van der Waals surface area (Å²) in [6.45, 7) is 5.99. The van der Waals surface area contributed by atoms with Gasteiger partial charge in [-0.2, -0.15) is 0 Å². The zero-order valence-electron chi connectivity index (χ0n) is 16.8. The van der Waals surface area contributed by atoms with E-state index in [0.717, 1.165) is 46.5 Å². The van der Waals surface area contributed by atoms with Crippen LogP contribution in [0.1, 0.15) is 66.8 Å². The zero-order chi connectivity index (χ0) is 19.5. The van der Waals surface area contributed by atoms with Crippen LogP contribution in [0.5, 0.6) is 0 Å². The van der Waals surface area contributed by atoms with Gasteiger partial charge in [0.2, 0.25) is 5.91 Å². The van der Waals surface area contributed by atoms with Crippen LogP contribution < -0.4 is 10.6 Å². The van der Waals surface area contributed by atoms with Crippen molar-refractivity contribution in [2.24, 2.45) is 29.1 Å². The van der Waals surface area contributed by atoms with Crippen LogP contribution in [0.3, 0.4) is 0 Å². The molecule has 0 spiro atoms.